The third-order valence-electron chi connectivity index (χ3n) is 10.0. The van der Waals surface area contributed by atoms with Gasteiger partial charge >= 0.3 is 17.9 Å². The van der Waals surface area contributed by atoms with Gasteiger partial charge in [-0.15, -0.1) is 0 Å². The number of aliphatic carboxylic acids is 1. The lowest BCUT2D eigenvalue weighted by Gasteiger charge is -2.31. The van der Waals surface area contributed by atoms with Crippen molar-refractivity contribution in [2.45, 2.75) is 187 Å². The van der Waals surface area contributed by atoms with Crippen LogP contribution in [0.5, 0.6) is 0 Å². The molecule has 342 valence electrons. The van der Waals surface area contributed by atoms with Crippen LogP contribution in [0, 0.1) is 0 Å². The lowest BCUT2D eigenvalue weighted by molar-refractivity contribution is -0.887. The molecule has 0 aromatic rings. The third kappa shape index (κ3) is 39.9. The number of quaternary nitrogens is 1. The van der Waals surface area contributed by atoms with E-state index in [1.807, 2.05) is 21.1 Å². The predicted octanol–water partition coefficient (Wildman–Crippen LogP) is 13.3. The maximum atomic E-state index is 12.7. The highest BCUT2D eigenvalue weighted by Gasteiger charge is 2.31. The Morgan fingerprint density at radius 1 is 0.517 bits per heavy atom. The fourth-order valence-electron chi connectivity index (χ4n) is 6.38. The number of hydrogen-bond acceptors (Lipinski definition) is 6. The number of carbonyl (C=O) groups excluding carboxylic acids is 2. The zero-order valence-electron chi connectivity index (χ0n) is 38.9. The molecular formula is C52H88NO7+. The molecule has 0 spiro atoms. The van der Waals surface area contributed by atoms with Crippen molar-refractivity contribution in [3.05, 3.63) is 85.1 Å². The van der Waals surface area contributed by atoms with Gasteiger partial charge in [-0.05, 0) is 89.9 Å². The average molecular weight is 839 g/mol. The summed E-state index contributed by atoms with van der Waals surface area (Å²) in [7, 11) is 5.51. The van der Waals surface area contributed by atoms with Gasteiger partial charge in [0.1, 0.15) is 6.61 Å². The summed E-state index contributed by atoms with van der Waals surface area (Å²) in [6.45, 7) is 4.54. The van der Waals surface area contributed by atoms with Crippen LogP contribution in [0.2, 0.25) is 0 Å². The van der Waals surface area contributed by atoms with Gasteiger partial charge in [0, 0.05) is 19.3 Å². The average Bonchev–Trinajstić information content (AvgIpc) is 3.21. The molecule has 0 bridgehead atoms. The van der Waals surface area contributed by atoms with Crippen LogP contribution in [0.1, 0.15) is 174 Å². The number of ether oxygens (including phenoxy) is 3. The minimum atomic E-state index is -0.885. The SMILES string of the molecule is CC/C=C\C/C=C\C/C=C\C/C=C\CCCCCCC(=O)OC(COCCC(C(=O)O)[N+](C)(C)C)COC(=O)CCCCCCCC/C=C\C/C=C\C/C=C\CCCCC. The first-order valence-corrected chi connectivity index (χ1v) is 23.6. The maximum absolute atomic E-state index is 12.7. The molecule has 0 rings (SSSR count). The lowest BCUT2D eigenvalue weighted by Crippen LogP contribution is -2.50. The molecule has 8 heteroatoms. The monoisotopic (exact) mass is 839 g/mol. The van der Waals surface area contributed by atoms with E-state index in [2.05, 4.69) is 98.9 Å². The van der Waals surface area contributed by atoms with Crippen molar-refractivity contribution in [2.24, 2.45) is 0 Å². The molecule has 0 radical (unpaired) electrons. The van der Waals surface area contributed by atoms with E-state index in [9.17, 15) is 19.5 Å². The smallest absolute Gasteiger partial charge is 0.362 e. The molecule has 0 aromatic carbocycles. The van der Waals surface area contributed by atoms with Crippen LogP contribution in [0.15, 0.2) is 85.1 Å². The Morgan fingerprint density at radius 2 is 0.933 bits per heavy atom. The highest BCUT2D eigenvalue weighted by molar-refractivity contribution is 5.72. The summed E-state index contributed by atoms with van der Waals surface area (Å²) in [6.07, 6.45) is 54.8. The van der Waals surface area contributed by atoms with E-state index in [0.29, 0.717) is 19.3 Å². The minimum Gasteiger partial charge on any atom is -0.477 e. The van der Waals surface area contributed by atoms with Crippen LogP contribution < -0.4 is 0 Å². The molecule has 0 aromatic heterocycles. The van der Waals surface area contributed by atoms with E-state index in [-0.39, 0.29) is 36.2 Å². The number of hydrogen-bond donors (Lipinski definition) is 1. The number of esters is 2. The van der Waals surface area contributed by atoms with Gasteiger partial charge in [-0.2, -0.15) is 0 Å². The Hall–Kier alpha value is -3.49. The Bertz CT molecular complexity index is 1250. The number of likely N-dealkylation sites (N-methyl/N-ethyl adjacent to an activating group) is 1. The van der Waals surface area contributed by atoms with E-state index in [1.54, 1.807) is 0 Å². The Labute approximate surface area is 367 Å². The van der Waals surface area contributed by atoms with Crippen molar-refractivity contribution in [3.8, 4) is 0 Å². The summed E-state index contributed by atoms with van der Waals surface area (Å²) in [6, 6.07) is -0.626. The summed E-state index contributed by atoms with van der Waals surface area (Å²) in [4.78, 5) is 37.1. The fourth-order valence-corrected chi connectivity index (χ4v) is 6.38. The number of allylic oxidation sites excluding steroid dienone is 14. The molecule has 0 saturated heterocycles. The summed E-state index contributed by atoms with van der Waals surface area (Å²) in [5.41, 5.74) is 0. The van der Waals surface area contributed by atoms with E-state index in [0.717, 1.165) is 103 Å². The number of carboxylic acids is 1. The van der Waals surface area contributed by atoms with E-state index >= 15 is 0 Å². The summed E-state index contributed by atoms with van der Waals surface area (Å²) < 4.78 is 17.3. The van der Waals surface area contributed by atoms with E-state index < -0.39 is 18.1 Å². The zero-order valence-corrected chi connectivity index (χ0v) is 38.9. The van der Waals surface area contributed by atoms with E-state index in [4.69, 9.17) is 14.2 Å². The molecule has 2 atom stereocenters. The van der Waals surface area contributed by atoms with Crippen LogP contribution in [-0.2, 0) is 28.6 Å². The number of nitrogens with zero attached hydrogens (tertiary/aromatic N) is 1. The lowest BCUT2D eigenvalue weighted by atomic mass is 10.1. The number of carbonyl (C=O) groups is 3. The van der Waals surface area contributed by atoms with Crippen LogP contribution in [-0.4, -0.2) is 80.6 Å². The second-order valence-corrected chi connectivity index (χ2v) is 16.6. The quantitative estimate of drug-likeness (QED) is 0.0283. The van der Waals surface area contributed by atoms with Crippen molar-refractivity contribution in [2.75, 3.05) is 41.0 Å². The molecule has 0 saturated carbocycles. The Morgan fingerprint density at radius 3 is 1.38 bits per heavy atom. The molecule has 1 N–H and O–H groups in total. The first-order chi connectivity index (χ1) is 29.1. The molecular weight excluding hydrogens is 751 g/mol. The second-order valence-electron chi connectivity index (χ2n) is 16.6. The van der Waals surface area contributed by atoms with Gasteiger partial charge in [0.15, 0.2) is 12.1 Å². The highest BCUT2D eigenvalue weighted by atomic mass is 16.6. The largest absolute Gasteiger partial charge is 0.477 e. The molecule has 0 aliphatic rings. The van der Waals surface area contributed by atoms with Crippen LogP contribution >= 0.6 is 0 Å². The predicted molar refractivity (Wildman–Crippen MR) is 252 cm³/mol. The van der Waals surface area contributed by atoms with Crippen molar-refractivity contribution in [3.63, 3.8) is 0 Å². The van der Waals surface area contributed by atoms with Gasteiger partial charge < -0.3 is 23.8 Å². The zero-order chi connectivity index (χ0) is 44.2. The highest BCUT2D eigenvalue weighted by Crippen LogP contribution is 2.13. The molecule has 0 fully saturated rings. The number of rotatable bonds is 41. The number of unbranched alkanes of at least 4 members (excludes halogenated alkanes) is 13. The van der Waals surface area contributed by atoms with Gasteiger partial charge in [0.05, 0.1) is 34.4 Å². The molecule has 2 unspecified atom stereocenters. The van der Waals surface area contributed by atoms with Crippen molar-refractivity contribution in [1.82, 2.24) is 0 Å². The Kier molecular flexibility index (Phi) is 39.8. The van der Waals surface area contributed by atoms with Gasteiger partial charge in [-0.1, -0.05) is 150 Å². The standard InChI is InChI=1S/C52H87NO7/c1-6-8-10-12-14-16-18-20-22-24-25-27-28-30-32-34-36-38-40-42-50(54)59-47-48(46-58-45-44-49(52(56)57)53(3,4)5)60-51(55)43-41-39-37-35-33-31-29-26-23-21-19-17-15-13-11-9-7-2/h9,11,14-17,20-23,25,27,29,31,48-49H,6-8,10,12-13,18-19,24,26,28,30,32-47H2,1-5H3/p+1/b11-9-,16-14-,17-15-,22-20-,23-21-,27-25-,31-29-. The molecule has 8 nitrogen and oxygen atoms in total. The van der Waals surface area contributed by atoms with Crippen LogP contribution in [0.3, 0.4) is 0 Å². The third-order valence-corrected chi connectivity index (χ3v) is 10.0. The number of carboxylic acid groups (broad SMARTS) is 1. The molecule has 0 amide bonds. The van der Waals surface area contributed by atoms with E-state index in [1.165, 1.54) is 38.5 Å². The maximum Gasteiger partial charge on any atom is 0.362 e. The van der Waals surface area contributed by atoms with Gasteiger partial charge in [-0.25, -0.2) is 4.79 Å². The second kappa shape index (κ2) is 42.2. The summed E-state index contributed by atoms with van der Waals surface area (Å²) in [5, 5.41) is 9.64. The molecule has 0 aliphatic heterocycles. The minimum absolute atomic E-state index is 0.0418. The first kappa shape index (κ1) is 56.5. The summed E-state index contributed by atoms with van der Waals surface area (Å²) >= 11 is 0. The van der Waals surface area contributed by atoms with Gasteiger partial charge in [0.25, 0.3) is 0 Å². The topological polar surface area (TPSA) is 99.1 Å². The first-order valence-electron chi connectivity index (χ1n) is 23.6. The van der Waals surface area contributed by atoms with Crippen LogP contribution in [0.4, 0.5) is 0 Å². The molecule has 60 heavy (non-hydrogen) atoms. The molecule has 0 heterocycles. The van der Waals surface area contributed by atoms with Gasteiger partial charge in [0.2, 0.25) is 0 Å². The summed E-state index contributed by atoms with van der Waals surface area (Å²) in [5.74, 6) is -1.52. The Balaban J connectivity index is 4.39. The van der Waals surface area contributed by atoms with Crippen molar-refractivity contribution in [1.29, 1.82) is 0 Å². The molecule has 0 aliphatic carbocycles. The normalized spacial score (nSPS) is 13.7. The fraction of sp³-hybridized carbons (Fsp3) is 0.673. The van der Waals surface area contributed by atoms with Crippen molar-refractivity contribution < 1.29 is 38.2 Å². The van der Waals surface area contributed by atoms with Crippen LogP contribution in [0.25, 0.3) is 0 Å². The van der Waals surface area contributed by atoms with Gasteiger partial charge in [-0.3, -0.25) is 9.59 Å². The van der Waals surface area contributed by atoms with Crippen molar-refractivity contribution >= 4 is 17.9 Å².